The van der Waals surface area contributed by atoms with Crippen LogP contribution in [0.3, 0.4) is 0 Å². The SMILES string of the molecule is CCN1CCN(CC(C)CNC(=NC)N(C)Cc2ccccc2Br)CC1.I. The van der Waals surface area contributed by atoms with E-state index >= 15 is 0 Å². The first-order chi connectivity index (χ1) is 12.5. The predicted molar refractivity (Wildman–Crippen MR) is 130 cm³/mol. The number of rotatable bonds is 7. The Morgan fingerprint density at radius 3 is 2.44 bits per heavy atom. The summed E-state index contributed by atoms with van der Waals surface area (Å²) in [6, 6.07) is 8.35. The van der Waals surface area contributed by atoms with E-state index in [0.717, 1.165) is 30.1 Å². The molecule has 0 spiro atoms. The Hall–Kier alpha value is -0.380. The third-order valence-corrected chi connectivity index (χ3v) is 5.80. The Bertz CT molecular complexity index is 575. The molecule has 1 N–H and O–H groups in total. The first-order valence-corrected chi connectivity index (χ1v) is 10.4. The third kappa shape index (κ3) is 8.25. The second-order valence-corrected chi connectivity index (χ2v) is 8.07. The molecule has 154 valence electrons. The van der Waals surface area contributed by atoms with Crippen molar-refractivity contribution in [3.8, 4) is 0 Å². The van der Waals surface area contributed by atoms with Gasteiger partial charge in [0.2, 0.25) is 0 Å². The molecule has 27 heavy (non-hydrogen) atoms. The number of likely N-dealkylation sites (N-methyl/N-ethyl adjacent to an activating group) is 1. The van der Waals surface area contributed by atoms with E-state index in [2.05, 4.69) is 80.0 Å². The van der Waals surface area contributed by atoms with Gasteiger partial charge in [-0.3, -0.25) is 4.99 Å². The molecule has 1 aromatic carbocycles. The molecule has 1 aliphatic heterocycles. The Balaban J connectivity index is 0.00000364. The fourth-order valence-corrected chi connectivity index (χ4v) is 3.81. The van der Waals surface area contributed by atoms with Gasteiger partial charge in [-0.25, -0.2) is 0 Å². The van der Waals surface area contributed by atoms with Crippen molar-refractivity contribution in [3.05, 3.63) is 34.3 Å². The molecule has 1 saturated heterocycles. The average molecular weight is 552 g/mol. The van der Waals surface area contributed by atoms with Gasteiger partial charge in [-0.1, -0.05) is 48.0 Å². The second kappa shape index (κ2) is 13.0. The minimum atomic E-state index is 0. The van der Waals surface area contributed by atoms with Crippen LogP contribution >= 0.6 is 39.9 Å². The van der Waals surface area contributed by atoms with Crippen LogP contribution < -0.4 is 5.32 Å². The van der Waals surface area contributed by atoms with Crippen LogP contribution in [0.5, 0.6) is 0 Å². The molecule has 1 atom stereocenters. The highest BCUT2D eigenvalue weighted by molar-refractivity contribution is 14.0. The summed E-state index contributed by atoms with van der Waals surface area (Å²) in [6.45, 7) is 13.4. The molecule has 1 heterocycles. The normalized spacial score (nSPS) is 17.3. The van der Waals surface area contributed by atoms with Crippen molar-refractivity contribution in [3.63, 3.8) is 0 Å². The van der Waals surface area contributed by atoms with Gasteiger partial charge in [0, 0.05) is 64.4 Å². The lowest BCUT2D eigenvalue weighted by atomic mass is 10.1. The zero-order valence-electron chi connectivity index (χ0n) is 17.1. The van der Waals surface area contributed by atoms with Gasteiger partial charge >= 0.3 is 0 Å². The molecule has 1 fully saturated rings. The van der Waals surface area contributed by atoms with Gasteiger partial charge < -0.3 is 20.0 Å². The van der Waals surface area contributed by atoms with Crippen LogP contribution in [-0.2, 0) is 6.54 Å². The van der Waals surface area contributed by atoms with Crippen molar-refractivity contribution in [2.75, 3.05) is 59.9 Å². The summed E-state index contributed by atoms with van der Waals surface area (Å²) in [5.74, 6) is 1.54. The number of nitrogens with one attached hydrogen (secondary N) is 1. The summed E-state index contributed by atoms with van der Waals surface area (Å²) in [7, 11) is 3.94. The van der Waals surface area contributed by atoms with Gasteiger partial charge in [-0.2, -0.15) is 0 Å². The van der Waals surface area contributed by atoms with Crippen LogP contribution in [0.2, 0.25) is 0 Å². The van der Waals surface area contributed by atoms with Crippen molar-refractivity contribution >= 4 is 45.9 Å². The second-order valence-electron chi connectivity index (χ2n) is 7.22. The maximum atomic E-state index is 4.45. The van der Waals surface area contributed by atoms with Gasteiger partial charge in [-0.15, -0.1) is 24.0 Å². The average Bonchev–Trinajstić information content (AvgIpc) is 2.64. The minimum Gasteiger partial charge on any atom is -0.356 e. The number of guanidine groups is 1. The molecule has 0 saturated carbocycles. The summed E-state index contributed by atoms with van der Waals surface area (Å²) < 4.78 is 1.14. The van der Waals surface area contributed by atoms with Gasteiger partial charge in [0.15, 0.2) is 5.96 Å². The lowest BCUT2D eigenvalue weighted by Gasteiger charge is -2.35. The van der Waals surface area contributed by atoms with E-state index in [-0.39, 0.29) is 24.0 Å². The van der Waals surface area contributed by atoms with Crippen LogP contribution in [-0.4, -0.2) is 80.6 Å². The smallest absolute Gasteiger partial charge is 0.193 e. The molecule has 7 heteroatoms. The monoisotopic (exact) mass is 551 g/mol. The van der Waals surface area contributed by atoms with Crippen LogP contribution in [0.4, 0.5) is 0 Å². The summed E-state index contributed by atoms with van der Waals surface area (Å²) >= 11 is 3.63. The maximum absolute atomic E-state index is 4.45. The number of benzene rings is 1. The summed E-state index contributed by atoms with van der Waals surface area (Å²) in [5, 5.41) is 3.54. The summed E-state index contributed by atoms with van der Waals surface area (Å²) in [4.78, 5) is 11.7. The first kappa shape index (κ1) is 24.7. The van der Waals surface area contributed by atoms with Gasteiger partial charge in [0.05, 0.1) is 0 Å². The molecule has 2 rings (SSSR count). The van der Waals surface area contributed by atoms with E-state index in [1.165, 1.54) is 38.3 Å². The highest BCUT2D eigenvalue weighted by atomic mass is 127. The number of nitrogens with zero attached hydrogens (tertiary/aromatic N) is 4. The fourth-order valence-electron chi connectivity index (χ4n) is 3.40. The Kier molecular flexibility index (Phi) is 11.8. The largest absolute Gasteiger partial charge is 0.356 e. The number of aliphatic imine (C=N–C) groups is 1. The van der Waals surface area contributed by atoms with Crippen LogP contribution in [0, 0.1) is 5.92 Å². The summed E-state index contributed by atoms with van der Waals surface area (Å²) in [6.07, 6.45) is 0. The van der Waals surface area contributed by atoms with E-state index in [0.29, 0.717) is 5.92 Å². The highest BCUT2D eigenvalue weighted by Gasteiger charge is 2.18. The van der Waals surface area contributed by atoms with E-state index in [4.69, 9.17) is 0 Å². The van der Waals surface area contributed by atoms with Gasteiger partial charge in [0.25, 0.3) is 0 Å². The van der Waals surface area contributed by atoms with E-state index in [9.17, 15) is 0 Å². The zero-order valence-corrected chi connectivity index (χ0v) is 21.0. The van der Waals surface area contributed by atoms with Crippen molar-refractivity contribution in [1.82, 2.24) is 20.0 Å². The molecule has 0 bridgehead atoms. The summed E-state index contributed by atoms with van der Waals surface area (Å²) in [5.41, 5.74) is 1.26. The minimum absolute atomic E-state index is 0. The predicted octanol–water partition coefficient (Wildman–Crippen LogP) is 3.35. The standard InChI is InChI=1S/C20H34BrN5.HI/c1-5-25-10-12-26(13-11-25)15-17(2)14-23-20(22-3)24(4)16-18-8-6-7-9-19(18)21;/h6-9,17H,5,10-16H2,1-4H3,(H,22,23);1H. The van der Waals surface area contributed by atoms with Crippen LogP contribution in [0.1, 0.15) is 19.4 Å². The quantitative estimate of drug-likeness (QED) is 0.320. The molecule has 1 unspecified atom stereocenters. The molecule has 0 radical (unpaired) electrons. The van der Waals surface area contributed by atoms with Crippen molar-refractivity contribution < 1.29 is 0 Å². The molecule has 5 nitrogen and oxygen atoms in total. The van der Waals surface area contributed by atoms with Gasteiger partial charge in [-0.05, 0) is 24.1 Å². The van der Waals surface area contributed by atoms with Crippen molar-refractivity contribution in [1.29, 1.82) is 0 Å². The zero-order chi connectivity index (χ0) is 18.9. The van der Waals surface area contributed by atoms with E-state index < -0.39 is 0 Å². The van der Waals surface area contributed by atoms with Gasteiger partial charge in [0.1, 0.15) is 0 Å². The van der Waals surface area contributed by atoms with E-state index in [1.54, 1.807) is 0 Å². The third-order valence-electron chi connectivity index (χ3n) is 5.03. The molecule has 1 aromatic rings. The van der Waals surface area contributed by atoms with Crippen LogP contribution in [0.25, 0.3) is 0 Å². The lowest BCUT2D eigenvalue weighted by Crippen LogP contribution is -2.48. The molecule has 0 aliphatic carbocycles. The Morgan fingerprint density at radius 1 is 1.22 bits per heavy atom. The number of hydrogen-bond donors (Lipinski definition) is 1. The number of piperazine rings is 1. The topological polar surface area (TPSA) is 34.1 Å². The molecule has 0 aromatic heterocycles. The number of halogens is 2. The molecular formula is C20H35BrIN5. The Morgan fingerprint density at radius 2 is 1.85 bits per heavy atom. The molecule has 1 aliphatic rings. The van der Waals surface area contributed by atoms with Crippen molar-refractivity contribution in [2.24, 2.45) is 10.9 Å². The highest BCUT2D eigenvalue weighted by Crippen LogP contribution is 2.17. The van der Waals surface area contributed by atoms with Crippen molar-refractivity contribution in [2.45, 2.75) is 20.4 Å². The molecule has 0 amide bonds. The lowest BCUT2D eigenvalue weighted by molar-refractivity contribution is 0.124. The Labute approximate surface area is 190 Å². The van der Waals surface area contributed by atoms with Crippen LogP contribution in [0.15, 0.2) is 33.7 Å². The number of hydrogen-bond acceptors (Lipinski definition) is 3. The fraction of sp³-hybridized carbons (Fsp3) is 0.650. The molecular weight excluding hydrogens is 517 g/mol. The van der Waals surface area contributed by atoms with E-state index in [1.807, 2.05) is 13.1 Å². The maximum Gasteiger partial charge on any atom is 0.193 e. The first-order valence-electron chi connectivity index (χ1n) is 9.63.